The van der Waals surface area contributed by atoms with Gasteiger partial charge in [-0.25, -0.2) is 0 Å². The van der Waals surface area contributed by atoms with Gasteiger partial charge in [-0.2, -0.15) is 11.8 Å². The number of carbonyl (C=O) groups is 1. The van der Waals surface area contributed by atoms with E-state index in [-0.39, 0.29) is 18.0 Å². The second-order valence-corrected chi connectivity index (χ2v) is 10.4. The normalized spacial score (nSPS) is 15.0. The summed E-state index contributed by atoms with van der Waals surface area (Å²) in [6.07, 6.45) is 4.52. The number of nitrogens with zero attached hydrogens (tertiary/aromatic N) is 2. The highest BCUT2D eigenvalue weighted by atomic mass is 32.2. The Morgan fingerprint density at radius 1 is 1.23 bits per heavy atom. The summed E-state index contributed by atoms with van der Waals surface area (Å²) in [6.45, 7) is 8.30. The van der Waals surface area contributed by atoms with E-state index < -0.39 is 0 Å². The van der Waals surface area contributed by atoms with Crippen molar-refractivity contribution in [2.24, 2.45) is 5.92 Å². The van der Waals surface area contributed by atoms with Crippen LogP contribution in [0.4, 0.5) is 0 Å². The number of carbonyl (C=O) groups excluding carboxylic acids is 1. The van der Waals surface area contributed by atoms with E-state index in [2.05, 4.69) is 32.1 Å². The van der Waals surface area contributed by atoms with Crippen LogP contribution in [0.25, 0.3) is 10.9 Å². The molecule has 0 radical (unpaired) electrons. The number of aromatic amines is 1. The number of methoxy groups -OCH3 is 1. The van der Waals surface area contributed by atoms with Crippen LogP contribution in [-0.4, -0.2) is 59.1 Å². The van der Waals surface area contributed by atoms with Crippen molar-refractivity contribution in [2.75, 3.05) is 38.8 Å². The fraction of sp³-hybridized carbons (Fsp3) is 0.481. The highest BCUT2D eigenvalue weighted by Crippen LogP contribution is 2.29. The maximum atomic E-state index is 13.4. The molecular formula is C27H36N4O3S. The van der Waals surface area contributed by atoms with Crippen molar-refractivity contribution in [3.05, 3.63) is 63.2 Å². The number of hydrogen-bond donors (Lipinski definition) is 2. The van der Waals surface area contributed by atoms with E-state index in [0.29, 0.717) is 22.8 Å². The summed E-state index contributed by atoms with van der Waals surface area (Å²) in [5.41, 5.74) is 3.63. The lowest BCUT2D eigenvalue weighted by Gasteiger charge is -2.32. The first kappa shape index (κ1) is 25.4. The van der Waals surface area contributed by atoms with Gasteiger partial charge in [-0.1, -0.05) is 18.2 Å². The molecule has 1 amide bonds. The summed E-state index contributed by atoms with van der Waals surface area (Å²) in [5, 5.41) is 3.91. The van der Waals surface area contributed by atoms with E-state index in [1.165, 1.54) is 25.7 Å². The van der Waals surface area contributed by atoms with Crippen LogP contribution in [0, 0.1) is 19.8 Å². The van der Waals surface area contributed by atoms with E-state index in [0.717, 1.165) is 48.5 Å². The predicted octanol–water partition coefficient (Wildman–Crippen LogP) is 3.96. The van der Waals surface area contributed by atoms with Crippen LogP contribution in [0.3, 0.4) is 0 Å². The number of hydrogen-bond acceptors (Lipinski definition) is 5. The third kappa shape index (κ3) is 5.59. The minimum absolute atomic E-state index is 0.102. The molecule has 0 atom stereocenters. The van der Waals surface area contributed by atoms with Gasteiger partial charge in [-0.3, -0.25) is 9.59 Å². The van der Waals surface area contributed by atoms with Gasteiger partial charge in [0.1, 0.15) is 5.75 Å². The van der Waals surface area contributed by atoms with Gasteiger partial charge >= 0.3 is 0 Å². The zero-order chi connectivity index (χ0) is 24.9. The molecule has 4 rings (SSSR count). The highest BCUT2D eigenvalue weighted by molar-refractivity contribution is 7.98. The summed E-state index contributed by atoms with van der Waals surface area (Å²) < 4.78 is 7.69. The van der Waals surface area contributed by atoms with Crippen LogP contribution in [0.1, 0.15) is 40.2 Å². The van der Waals surface area contributed by atoms with Crippen molar-refractivity contribution in [3.8, 4) is 5.75 Å². The zero-order valence-corrected chi connectivity index (χ0v) is 22.0. The number of rotatable bonds is 9. The maximum absolute atomic E-state index is 13.4. The molecule has 188 valence electrons. The number of likely N-dealkylation sites (tertiary alicyclic amines) is 1. The van der Waals surface area contributed by atoms with E-state index >= 15 is 0 Å². The number of piperidine rings is 1. The van der Waals surface area contributed by atoms with Crippen LogP contribution >= 0.6 is 11.8 Å². The molecule has 3 heterocycles. The summed E-state index contributed by atoms with van der Waals surface area (Å²) in [7, 11) is 1.53. The molecule has 2 N–H and O–H groups in total. The topological polar surface area (TPSA) is 79.4 Å². The summed E-state index contributed by atoms with van der Waals surface area (Å²) in [5.74, 6) is 2.09. The van der Waals surface area contributed by atoms with E-state index in [1.807, 2.05) is 36.9 Å². The minimum atomic E-state index is -0.245. The second-order valence-electron chi connectivity index (χ2n) is 9.38. The number of pyridine rings is 1. The summed E-state index contributed by atoms with van der Waals surface area (Å²) in [6, 6.07) is 9.88. The molecule has 8 heteroatoms. The Morgan fingerprint density at radius 2 is 1.97 bits per heavy atom. The molecule has 1 aliphatic rings. The number of nitrogens with one attached hydrogen (secondary N) is 2. The first-order valence-electron chi connectivity index (χ1n) is 12.3. The Hall–Kier alpha value is -2.71. The molecule has 2 aromatic heterocycles. The smallest absolute Gasteiger partial charge is 0.256 e. The SMILES string of the molecule is COc1cc(C)[nH]c(=O)c1CNC(=O)c1c(C)n(CC2CCN(CCSC)CC2)c2ccccc12. The Bertz CT molecular complexity index is 1240. The molecule has 0 saturated carbocycles. The van der Waals surface area contributed by atoms with Gasteiger partial charge in [-0.05, 0) is 64.1 Å². The van der Waals surface area contributed by atoms with Crippen LogP contribution in [0.15, 0.2) is 35.1 Å². The Labute approximate surface area is 211 Å². The number of benzene rings is 1. The molecule has 7 nitrogen and oxygen atoms in total. The monoisotopic (exact) mass is 496 g/mol. The summed E-state index contributed by atoms with van der Waals surface area (Å²) >= 11 is 1.90. The Morgan fingerprint density at radius 3 is 2.69 bits per heavy atom. The number of para-hydroxylation sites is 1. The second kappa shape index (κ2) is 11.4. The molecule has 1 fully saturated rings. The average Bonchev–Trinajstić information content (AvgIpc) is 3.13. The Balaban J connectivity index is 1.53. The first-order chi connectivity index (χ1) is 16.9. The zero-order valence-electron chi connectivity index (χ0n) is 21.1. The lowest BCUT2D eigenvalue weighted by Crippen LogP contribution is -2.36. The quantitative estimate of drug-likeness (QED) is 0.469. The lowest BCUT2D eigenvalue weighted by atomic mass is 9.96. The van der Waals surface area contributed by atoms with Crippen LogP contribution in [0.5, 0.6) is 5.75 Å². The number of fused-ring (bicyclic) bond motifs is 1. The van der Waals surface area contributed by atoms with E-state index in [9.17, 15) is 9.59 Å². The average molecular weight is 497 g/mol. The van der Waals surface area contributed by atoms with Crippen LogP contribution in [-0.2, 0) is 13.1 Å². The third-order valence-corrected chi connectivity index (χ3v) is 7.68. The first-order valence-corrected chi connectivity index (χ1v) is 13.7. The van der Waals surface area contributed by atoms with Crippen molar-refractivity contribution in [2.45, 2.75) is 39.8 Å². The molecular weight excluding hydrogens is 460 g/mol. The van der Waals surface area contributed by atoms with Crippen molar-refractivity contribution in [3.63, 3.8) is 0 Å². The van der Waals surface area contributed by atoms with Gasteiger partial charge in [0.15, 0.2) is 0 Å². The number of thioether (sulfide) groups is 1. The van der Waals surface area contributed by atoms with Gasteiger partial charge in [0, 0.05) is 41.1 Å². The number of aryl methyl sites for hydroxylation is 1. The fourth-order valence-electron chi connectivity index (χ4n) is 5.12. The molecule has 0 bridgehead atoms. The summed E-state index contributed by atoms with van der Waals surface area (Å²) in [4.78, 5) is 31.2. The van der Waals surface area contributed by atoms with Crippen LogP contribution < -0.4 is 15.6 Å². The van der Waals surface area contributed by atoms with Gasteiger partial charge in [-0.15, -0.1) is 0 Å². The number of aromatic nitrogens is 2. The van der Waals surface area contributed by atoms with E-state index in [4.69, 9.17) is 4.74 Å². The van der Waals surface area contributed by atoms with Gasteiger partial charge in [0.2, 0.25) is 0 Å². The fourth-order valence-corrected chi connectivity index (χ4v) is 5.56. The Kier molecular flexibility index (Phi) is 8.23. The van der Waals surface area contributed by atoms with Gasteiger partial charge in [0.05, 0.1) is 24.8 Å². The molecule has 1 aromatic carbocycles. The van der Waals surface area contributed by atoms with Crippen molar-refractivity contribution >= 4 is 28.6 Å². The largest absolute Gasteiger partial charge is 0.496 e. The predicted molar refractivity (Wildman–Crippen MR) is 144 cm³/mol. The number of ether oxygens (including phenoxy) is 1. The molecule has 35 heavy (non-hydrogen) atoms. The van der Waals surface area contributed by atoms with Crippen molar-refractivity contribution in [1.29, 1.82) is 0 Å². The molecule has 0 aliphatic carbocycles. The van der Waals surface area contributed by atoms with Gasteiger partial charge < -0.3 is 24.5 Å². The number of amides is 1. The van der Waals surface area contributed by atoms with Crippen LogP contribution in [0.2, 0.25) is 0 Å². The van der Waals surface area contributed by atoms with Gasteiger partial charge in [0.25, 0.3) is 11.5 Å². The molecule has 0 spiro atoms. The lowest BCUT2D eigenvalue weighted by molar-refractivity contribution is 0.0951. The molecule has 3 aromatic rings. The molecule has 1 saturated heterocycles. The molecule has 1 aliphatic heterocycles. The van der Waals surface area contributed by atoms with E-state index in [1.54, 1.807) is 13.0 Å². The third-order valence-electron chi connectivity index (χ3n) is 7.09. The minimum Gasteiger partial charge on any atom is -0.496 e. The highest BCUT2D eigenvalue weighted by Gasteiger charge is 2.24. The van der Waals surface area contributed by atoms with Crippen molar-refractivity contribution in [1.82, 2.24) is 19.8 Å². The number of H-pyrrole nitrogens is 1. The van der Waals surface area contributed by atoms with Crippen molar-refractivity contribution < 1.29 is 9.53 Å². The maximum Gasteiger partial charge on any atom is 0.256 e. The molecule has 0 unspecified atom stereocenters. The standard InChI is InChI=1S/C27H36N4O3S/c1-18-15-24(34-3)22(26(32)29-18)16-28-27(33)25-19(2)31(23-8-6-5-7-21(23)25)17-20-9-11-30(12-10-20)13-14-35-4/h5-8,15,20H,9-14,16-17H2,1-4H3,(H,28,33)(H,29,32).